The number of hydrogen-bond donors (Lipinski definition) is 3. The fraction of sp³-hybridized carbons (Fsp3) is 0.273. The van der Waals surface area contributed by atoms with Crippen LogP contribution in [0, 0.1) is 11.8 Å². The SMILES string of the molecule is CCC(C)NC(=O)CCNC(=O)Nc1cccc(C#Cc2ccccc2)c1. The van der Waals surface area contributed by atoms with Crippen LogP contribution in [0.5, 0.6) is 0 Å². The minimum Gasteiger partial charge on any atom is -0.354 e. The predicted molar refractivity (Wildman–Crippen MR) is 108 cm³/mol. The Morgan fingerprint density at radius 2 is 1.70 bits per heavy atom. The normalized spacial score (nSPS) is 10.9. The third kappa shape index (κ3) is 7.66. The molecular weight excluding hydrogens is 338 g/mol. The summed E-state index contributed by atoms with van der Waals surface area (Å²) in [5, 5.41) is 8.30. The lowest BCUT2D eigenvalue weighted by atomic mass is 10.1. The molecule has 0 fully saturated rings. The van der Waals surface area contributed by atoms with Gasteiger partial charge >= 0.3 is 6.03 Å². The summed E-state index contributed by atoms with van der Waals surface area (Å²) < 4.78 is 0. The number of rotatable bonds is 6. The second kappa shape index (κ2) is 10.7. The van der Waals surface area contributed by atoms with E-state index in [9.17, 15) is 9.59 Å². The quantitative estimate of drug-likeness (QED) is 0.688. The van der Waals surface area contributed by atoms with Gasteiger partial charge < -0.3 is 16.0 Å². The fourth-order valence-electron chi connectivity index (χ4n) is 2.25. The van der Waals surface area contributed by atoms with Crippen LogP contribution in [0.2, 0.25) is 0 Å². The van der Waals surface area contributed by atoms with Crippen molar-refractivity contribution in [1.29, 1.82) is 0 Å². The zero-order valence-corrected chi connectivity index (χ0v) is 15.7. The summed E-state index contributed by atoms with van der Waals surface area (Å²) in [5.41, 5.74) is 2.39. The van der Waals surface area contributed by atoms with E-state index < -0.39 is 0 Å². The standard InChI is InChI=1S/C22H25N3O2/c1-3-17(2)24-21(26)14-15-23-22(27)25-20-11-7-10-19(16-20)13-12-18-8-5-4-6-9-18/h4-11,16-17H,3,14-15H2,1-2H3,(H,24,26)(H2,23,25,27). The number of anilines is 1. The second-order valence-electron chi connectivity index (χ2n) is 6.20. The van der Waals surface area contributed by atoms with Crippen LogP contribution in [-0.4, -0.2) is 24.5 Å². The highest BCUT2D eigenvalue weighted by Gasteiger charge is 2.07. The van der Waals surface area contributed by atoms with Crippen molar-refractivity contribution in [3.63, 3.8) is 0 Å². The van der Waals surface area contributed by atoms with E-state index in [1.54, 1.807) is 6.07 Å². The molecule has 2 aromatic carbocycles. The van der Waals surface area contributed by atoms with E-state index in [1.807, 2.05) is 62.4 Å². The second-order valence-corrected chi connectivity index (χ2v) is 6.20. The minimum absolute atomic E-state index is 0.0668. The number of hydrogen-bond acceptors (Lipinski definition) is 2. The third-order valence-electron chi connectivity index (χ3n) is 3.90. The van der Waals surface area contributed by atoms with Crippen LogP contribution in [-0.2, 0) is 4.79 Å². The maximum atomic E-state index is 12.0. The molecule has 0 aromatic heterocycles. The summed E-state index contributed by atoms with van der Waals surface area (Å²) >= 11 is 0. The van der Waals surface area contributed by atoms with Crippen molar-refractivity contribution in [3.05, 3.63) is 65.7 Å². The lowest BCUT2D eigenvalue weighted by Gasteiger charge is -2.12. The topological polar surface area (TPSA) is 70.2 Å². The first-order valence-corrected chi connectivity index (χ1v) is 9.08. The molecule has 0 aliphatic heterocycles. The maximum Gasteiger partial charge on any atom is 0.319 e. The van der Waals surface area contributed by atoms with Gasteiger partial charge in [0.2, 0.25) is 5.91 Å². The van der Waals surface area contributed by atoms with Crippen LogP contribution in [0.3, 0.4) is 0 Å². The number of carbonyl (C=O) groups excluding carboxylic acids is 2. The van der Waals surface area contributed by atoms with Gasteiger partial charge in [0.1, 0.15) is 0 Å². The first-order chi connectivity index (χ1) is 13.1. The molecule has 0 bridgehead atoms. The zero-order chi connectivity index (χ0) is 19.5. The Morgan fingerprint density at radius 3 is 2.44 bits per heavy atom. The first-order valence-electron chi connectivity index (χ1n) is 9.08. The molecule has 0 saturated carbocycles. The van der Waals surface area contributed by atoms with Crippen molar-refractivity contribution in [2.75, 3.05) is 11.9 Å². The lowest BCUT2D eigenvalue weighted by molar-refractivity contribution is -0.121. The third-order valence-corrected chi connectivity index (χ3v) is 3.90. The molecular formula is C22H25N3O2. The maximum absolute atomic E-state index is 12.0. The summed E-state index contributed by atoms with van der Waals surface area (Å²) in [6.45, 7) is 4.24. The van der Waals surface area contributed by atoms with Gasteiger partial charge in [0.15, 0.2) is 0 Å². The minimum atomic E-state index is -0.348. The Kier molecular flexibility index (Phi) is 7.92. The van der Waals surface area contributed by atoms with Gasteiger partial charge in [0.25, 0.3) is 0 Å². The van der Waals surface area contributed by atoms with Crippen molar-refractivity contribution >= 4 is 17.6 Å². The van der Waals surface area contributed by atoms with E-state index in [4.69, 9.17) is 0 Å². The Balaban J connectivity index is 1.82. The van der Waals surface area contributed by atoms with E-state index in [-0.39, 0.29) is 30.9 Å². The van der Waals surface area contributed by atoms with Gasteiger partial charge in [-0.25, -0.2) is 4.79 Å². The molecule has 5 heteroatoms. The molecule has 1 atom stereocenters. The highest BCUT2D eigenvalue weighted by atomic mass is 16.2. The average molecular weight is 363 g/mol. The summed E-state index contributed by atoms with van der Waals surface area (Å²) in [7, 11) is 0. The van der Waals surface area contributed by atoms with E-state index in [0.717, 1.165) is 17.5 Å². The summed E-state index contributed by atoms with van der Waals surface area (Å²) in [4.78, 5) is 23.7. The van der Waals surface area contributed by atoms with E-state index >= 15 is 0 Å². The molecule has 2 aromatic rings. The molecule has 0 aliphatic rings. The van der Waals surface area contributed by atoms with Gasteiger partial charge in [-0.2, -0.15) is 0 Å². The van der Waals surface area contributed by atoms with Gasteiger partial charge in [-0.3, -0.25) is 4.79 Å². The molecule has 1 unspecified atom stereocenters. The molecule has 0 saturated heterocycles. The lowest BCUT2D eigenvalue weighted by Crippen LogP contribution is -2.36. The molecule has 0 aliphatic carbocycles. The Bertz CT molecular complexity index is 822. The van der Waals surface area contributed by atoms with Crippen LogP contribution >= 0.6 is 0 Å². The van der Waals surface area contributed by atoms with Crippen molar-refractivity contribution < 1.29 is 9.59 Å². The summed E-state index contributed by atoms with van der Waals surface area (Å²) in [6, 6.07) is 16.8. The molecule has 0 heterocycles. The molecule has 5 nitrogen and oxygen atoms in total. The first kappa shape index (κ1) is 20.1. The van der Waals surface area contributed by atoms with Gasteiger partial charge in [-0.15, -0.1) is 0 Å². The fourth-order valence-corrected chi connectivity index (χ4v) is 2.25. The van der Waals surface area contributed by atoms with Crippen LogP contribution in [0.15, 0.2) is 54.6 Å². The number of benzene rings is 2. The van der Waals surface area contributed by atoms with E-state index in [2.05, 4.69) is 27.8 Å². The van der Waals surface area contributed by atoms with Crippen molar-refractivity contribution in [1.82, 2.24) is 10.6 Å². The molecule has 27 heavy (non-hydrogen) atoms. The highest BCUT2D eigenvalue weighted by Crippen LogP contribution is 2.10. The van der Waals surface area contributed by atoms with Crippen molar-refractivity contribution in [3.8, 4) is 11.8 Å². The van der Waals surface area contributed by atoms with Crippen molar-refractivity contribution in [2.45, 2.75) is 32.7 Å². The largest absolute Gasteiger partial charge is 0.354 e. The van der Waals surface area contributed by atoms with Gasteiger partial charge in [0.05, 0.1) is 0 Å². The summed E-state index contributed by atoms with van der Waals surface area (Å²) in [5.74, 6) is 6.10. The predicted octanol–water partition coefficient (Wildman–Crippen LogP) is 3.51. The number of carbonyl (C=O) groups is 2. The zero-order valence-electron chi connectivity index (χ0n) is 15.7. The smallest absolute Gasteiger partial charge is 0.319 e. The number of nitrogens with one attached hydrogen (secondary N) is 3. The van der Waals surface area contributed by atoms with Gasteiger partial charge in [-0.1, -0.05) is 43.0 Å². The molecule has 3 amide bonds. The molecule has 3 N–H and O–H groups in total. The van der Waals surface area contributed by atoms with Gasteiger partial charge in [-0.05, 0) is 43.7 Å². The Labute approximate surface area is 160 Å². The van der Waals surface area contributed by atoms with Crippen LogP contribution in [0.1, 0.15) is 37.8 Å². The average Bonchev–Trinajstić information content (AvgIpc) is 2.67. The van der Waals surface area contributed by atoms with Crippen LogP contribution < -0.4 is 16.0 Å². The number of amides is 3. The molecule has 2 rings (SSSR count). The molecule has 140 valence electrons. The highest BCUT2D eigenvalue weighted by molar-refractivity contribution is 5.89. The molecule has 0 radical (unpaired) electrons. The van der Waals surface area contributed by atoms with Crippen LogP contribution in [0.25, 0.3) is 0 Å². The summed E-state index contributed by atoms with van der Waals surface area (Å²) in [6.07, 6.45) is 1.13. The van der Waals surface area contributed by atoms with Crippen LogP contribution in [0.4, 0.5) is 10.5 Å². The molecule has 0 spiro atoms. The Morgan fingerprint density at radius 1 is 1.00 bits per heavy atom. The Hall–Kier alpha value is -3.26. The van der Waals surface area contributed by atoms with Gasteiger partial charge in [0, 0.05) is 35.8 Å². The van der Waals surface area contributed by atoms with Crippen molar-refractivity contribution in [2.24, 2.45) is 0 Å². The van der Waals surface area contributed by atoms with E-state index in [0.29, 0.717) is 5.69 Å². The monoisotopic (exact) mass is 363 g/mol. The van der Waals surface area contributed by atoms with E-state index in [1.165, 1.54) is 0 Å². The number of urea groups is 1.